The van der Waals surface area contributed by atoms with Crippen LogP contribution in [-0.2, 0) is 4.89 Å². The van der Waals surface area contributed by atoms with Crippen molar-refractivity contribution in [3.8, 4) is 0 Å². The van der Waals surface area contributed by atoms with E-state index in [2.05, 4.69) is 11.8 Å². The molecule has 0 aliphatic carbocycles. The molecule has 0 spiro atoms. The standard InChI is InChI=1S/C8H18O2.2CH2O3/c1-3-5-6-7-8(4-2)10-9;2*2-1(3)4/h8-9H,3-7H2,1-2H3;2*(H2,2,3,4). The second-order valence-electron chi connectivity index (χ2n) is 3.20. The number of carbonyl (C=O) groups is 2. The molecule has 0 aromatic heterocycles. The Hall–Kier alpha value is -1.54. The molecule has 8 heteroatoms. The molecule has 8 nitrogen and oxygen atoms in total. The van der Waals surface area contributed by atoms with Crippen LogP contribution in [-0.4, -0.2) is 44.1 Å². The van der Waals surface area contributed by atoms with Gasteiger partial charge in [-0.2, -0.15) is 0 Å². The number of hydrogen-bond acceptors (Lipinski definition) is 4. The molecule has 0 aromatic carbocycles. The van der Waals surface area contributed by atoms with Crippen molar-refractivity contribution >= 4 is 12.3 Å². The van der Waals surface area contributed by atoms with Gasteiger partial charge in [0.25, 0.3) is 0 Å². The first kappa shape index (κ1) is 21.7. The number of unbranched alkanes of at least 4 members (excludes halogenated alkanes) is 2. The first-order valence-corrected chi connectivity index (χ1v) is 5.45. The highest BCUT2D eigenvalue weighted by molar-refractivity contribution is 5.53. The predicted octanol–water partition coefficient (Wildman–Crippen LogP) is 3.28. The first-order valence-electron chi connectivity index (χ1n) is 5.45. The quantitative estimate of drug-likeness (QED) is 0.281. The Bertz CT molecular complexity index is 170. The van der Waals surface area contributed by atoms with Crippen molar-refractivity contribution in [3.63, 3.8) is 0 Å². The minimum atomic E-state index is -1.83. The molecule has 0 saturated heterocycles. The Balaban J connectivity index is -0.000000233. The number of carboxylic acid groups (broad SMARTS) is 4. The van der Waals surface area contributed by atoms with Crippen LogP contribution in [0.15, 0.2) is 0 Å². The average molecular weight is 270 g/mol. The Kier molecular flexibility index (Phi) is 21.5. The lowest BCUT2D eigenvalue weighted by Gasteiger charge is -2.08. The van der Waals surface area contributed by atoms with Crippen LogP contribution < -0.4 is 0 Å². The van der Waals surface area contributed by atoms with Crippen LogP contribution >= 0.6 is 0 Å². The van der Waals surface area contributed by atoms with Gasteiger partial charge < -0.3 is 20.4 Å². The van der Waals surface area contributed by atoms with Gasteiger partial charge in [0, 0.05) is 0 Å². The van der Waals surface area contributed by atoms with Crippen molar-refractivity contribution in [3.05, 3.63) is 0 Å². The lowest BCUT2D eigenvalue weighted by molar-refractivity contribution is -0.280. The summed E-state index contributed by atoms with van der Waals surface area (Å²) in [5.74, 6) is 0. The number of hydrogen-bond donors (Lipinski definition) is 5. The van der Waals surface area contributed by atoms with Gasteiger partial charge in [-0.3, -0.25) is 5.26 Å². The predicted molar refractivity (Wildman–Crippen MR) is 63.2 cm³/mol. The van der Waals surface area contributed by atoms with E-state index in [9.17, 15) is 0 Å². The van der Waals surface area contributed by atoms with E-state index in [1.807, 2.05) is 6.92 Å². The van der Waals surface area contributed by atoms with E-state index in [-0.39, 0.29) is 6.10 Å². The van der Waals surface area contributed by atoms with Crippen molar-refractivity contribution in [1.82, 2.24) is 0 Å². The van der Waals surface area contributed by atoms with Gasteiger partial charge in [0.05, 0.1) is 6.10 Å². The van der Waals surface area contributed by atoms with Crippen molar-refractivity contribution in [2.45, 2.75) is 52.1 Å². The summed E-state index contributed by atoms with van der Waals surface area (Å²) in [6.07, 6.45) is 1.91. The number of rotatable bonds is 6. The monoisotopic (exact) mass is 270 g/mol. The first-order chi connectivity index (χ1) is 8.31. The Morgan fingerprint density at radius 2 is 1.39 bits per heavy atom. The topological polar surface area (TPSA) is 145 Å². The smallest absolute Gasteiger partial charge is 0.450 e. The minimum Gasteiger partial charge on any atom is -0.450 e. The SMILES string of the molecule is CCCCCC(CC)OO.O=C(O)O.O=C(O)O. The molecular weight excluding hydrogens is 248 g/mol. The van der Waals surface area contributed by atoms with Gasteiger partial charge >= 0.3 is 12.3 Å². The third-order valence-corrected chi connectivity index (χ3v) is 1.73. The highest BCUT2D eigenvalue weighted by Gasteiger charge is 2.03. The van der Waals surface area contributed by atoms with Gasteiger partial charge in [-0.25, -0.2) is 14.5 Å². The molecule has 0 heterocycles. The van der Waals surface area contributed by atoms with Crippen LogP contribution in [0.5, 0.6) is 0 Å². The summed E-state index contributed by atoms with van der Waals surface area (Å²) < 4.78 is 0. The average Bonchev–Trinajstić information content (AvgIpc) is 2.23. The molecule has 0 aromatic rings. The Morgan fingerprint density at radius 3 is 1.61 bits per heavy atom. The molecule has 110 valence electrons. The van der Waals surface area contributed by atoms with Crippen LogP contribution in [0.25, 0.3) is 0 Å². The second-order valence-corrected chi connectivity index (χ2v) is 3.20. The summed E-state index contributed by atoms with van der Waals surface area (Å²) in [5.41, 5.74) is 0. The molecule has 0 saturated carbocycles. The molecule has 18 heavy (non-hydrogen) atoms. The lowest BCUT2D eigenvalue weighted by atomic mass is 10.1. The summed E-state index contributed by atoms with van der Waals surface area (Å²) in [6.45, 7) is 4.19. The lowest BCUT2D eigenvalue weighted by Crippen LogP contribution is -2.08. The fourth-order valence-electron chi connectivity index (χ4n) is 0.953. The van der Waals surface area contributed by atoms with Gasteiger partial charge in [-0.15, -0.1) is 0 Å². The highest BCUT2D eigenvalue weighted by Crippen LogP contribution is 2.08. The molecule has 1 atom stereocenters. The van der Waals surface area contributed by atoms with E-state index in [0.29, 0.717) is 0 Å². The third-order valence-electron chi connectivity index (χ3n) is 1.73. The fraction of sp³-hybridized carbons (Fsp3) is 0.800. The molecule has 1 unspecified atom stereocenters. The van der Waals surface area contributed by atoms with Crippen LogP contribution in [0.1, 0.15) is 46.0 Å². The molecule has 0 aliphatic heterocycles. The van der Waals surface area contributed by atoms with E-state index in [1.165, 1.54) is 12.8 Å². The summed E-state index contributed by atoms with van der Waals surface area (Å²) in [7, 11) is 0. The molecular formula is C10H22O8. The Morgan fingerprint density at radius 1 is 1.00 bits per heavy atom. The van der Waals surface area contributed by atoms with Crippen LogP contribution in [0, 0.1) is 0 Å². The molecule has 0 bridgehead atoms. The van der Waals surface area contributed by atoms with Gasteiger partial charge in [-0.05, 0) is 12.8 Å². The Labute approximate surface area is 105 Å². The van der Waals surface area contributed by atoms with Crippen molar-refractivity contribution < 1.29 is 40.2 Å². The minimum absolute atomic E-state index is 0.0616. The summed E-state index contributed by atoms with van der Waals surface area (Å²) in [5, 5.41) is 36.2. The van der Waals surface area contributed by atoms with E-state index >= 15 is 0 Å². The molecule has 0 fully saturated rings. The van der Waals surface area contributed by atoms with Crippen molar-refractivity contribution in [1.29, 1.82) is 0 Å². The maximum absolute atomic E-state index is 8.56. The molecule has 0 aliphatic rings. The van der Waals surface area contributed by atoms with E-state index in [0.717, 1.165) is 19.3 Å². The zero-order chi connectivity index (χ0) is 15.0. The zero-order valence-electron chi connectivity index (χ0n) is 10.6. The van der Waals surface area contributed by atoms with E-state index in [4.69, 9.17) is 35.3 Å². The largest absolute Gasteiger partial charge is 0.503 e. The molecule has 5 N–H and O–H groups in total. The normalized spacial score (nSPS) is 10.2. The molecule has 0 rings (SSSR count). The highest BCUT2D eigenvalue weighted by atomic mass is 17.1. The third kappa shape index (κ3) is 47.1. The van der Waals surface area contributed by atoms with Crippen LogP contribution in [0.3, 0.4) is 0 Å². The van der Waals surface area contributed by atoms with Crippen LogP contribution in [0.2, 0.25) is 0 Å². The molecule has 0 radical (unpaired) electrons. The summed E-state index contributed by atoms with van der Waals surface area (Å²) in [6, 6.07) is 0. The zero-order valence-corrected chi connectivity index (χ0v) is 10.6. The maximum atomic E-state index is 8.56. The van der Waals surface area contributed by atoms with Crippen molar-refractivity contribution in [2.75, 3.05) is 0 Å². The van der Waals surface area contributed by atoms with Crippen LogP contribution in [0.4, 0.5) is 9.59 Å². The van der Waals surface area contributed by atoms with E-state index in [1.54, 1.807) is 0 Å². The second kappa shape index (κ2) is 17.8. The summed E-state index contributed by atoms with van der Waals surface area (Å²) >= 11 is 0. The summed E-state index contributed by atoms with van der Waals surface area (Å²) in [4.78, 5) is 21.4. The van der Waals surface area contributed by atoms with Gasteiger partial charge in [0.1, 0.15) is 0 Å². The molecule has 0 amide bonds. The van der Waals surface area contributed by atoms with Gasteiger partial charge in [-0.1, -0.05) is 33.1 Å². The van der Waals surface area contributed by atoms with E-state index < -0.39 is 12.3 Å². The van der Waals surface area contributed by atoms with Gasteiger partial charge in [0.15, 0.2) is 0 Å². The fourth-order valence-corrected chi connectivity index (χ4v) is 0.953. The maximum Gasteiger partial charge on any atom is 0.503 e. The van der Waals surface area contributed by atoms with Gasteiger partial charge in [0.2, 0.25) is 0 Å². The van der Waals surface area contributed by atoms with Crippen molar-refractivity contribution in [2.24, 2.45) is 0 Å².